The van der Waals surface area contributed by atoms with E-state index in [1.165, 1.54) is 40.7 Å². The third-order valence-electron chi connectivity index (χ3n) is 3.50. The number of methoxy groups -OCH3 is 1. The predicted molar refractivity (Wildman–Crippen MR) is 91.9 cm³/mol. The molecule has 8 heteroatoms. The molecule has 3 aromatic rings. The molecule has 0 bridgehead atoms. The Labute approximate surface area is 148 Å². The van der Waals surface area contributed by atoms with Crippen molar-refractivity contribution in [2.45, 2.75) is 12.1 Å². The number of carbonyl (C=O) groups is 1. The van der Waals surface area contributed by atoms with E-state index < -0.39 is 0 Å². The summed E-state index contributed by atoms with van der Waals surface area (Å²) in [7, 11) is 1.57. The van der Waals surface area contributed by atoms with E-state index in [0.29, 0.717) is 22.2 Å². The van der Waals surface area contributed by atoms with Crippen LogP contribution in [0.4, 0.5) is 4.39 Å². The van der Waals surface area contributed by atoms with E-state index in [4.69, 9.17) is 4.74 Å². The van der Waals surface area contributed by atoms with Gasteiger partial charge in [0, 0.05) is 5.56 Å². The first-order valence-electron chi connectivity index (χ1n) is 7.43. The van der Waals surface area contributed by atoms with Crippen LogP contribution < -0.4 is 4.74 Å². The van der Waals surface area contributed by atoms with Gasteiger partial charge in [0.05, 0.1) is 12.9 Å². The van der Waals surface area contributed by atoms with Crippen LogP contribution in [-0.4, -0.2) is 38.9 Å². The van der Waals surface area contributed by atoms with Crippen molar-refractivity contribution >= 4 is 17.5 Å². The third kappa shape index (κ3) is 3.85. The van der Waals surface area contributed by atoms with Crippen LogP contribution in [-0.2, 0) is 0 Å². The highest BCUT2D eigenvalue weighted by Crippen LogP contribution is 2.27. The molecule has 1 heterocycles. The van der Waals surface area contributed by atoms with E-state index in [0.717, 1.165) is 5.56 Å². The molecule has 128 valence electrons. The van der Waals surface area contributed by atoms with Crippen LogP contribution in [0.25, 0.3) is 5.69 Å². The fourth-order valence-electron chi connectivity index (χ4n) is 2.23. The number of thioether (sulfide) groups is 1. The fraction of sp³-hybridized carbons (Fsp3) is 0.176. The first-order valence-corrected chi connectivity index (χ1v) is 8.42. The van der Waals surface area contributed by atoms with Gasteiger partial charge in [-0.15, -0.1) is 5.10 Å². The summed E-state index contributed by atoms with van der Waals surface area (Å²) in [5.74, 6) is 0.264. The average Bonchev–Trinajstić information content (AvgIpc) is 3.08. The maximum Gasteiger partial charge on any atom is 0.214 e. The monoisotopic (exact) mass is 358 g/mol. The van der Waals surface area contributed by atoms with E-state index in [-0.39, 0.29) is 17.4 Å². The molecule has 0 radical (unpaired) electrons. The molecule has 3 rings (SSSR count). The van der Waals surface area contributed by atoms with Crippen molar-refractivity contribution in [2.75, 3.05) is 12.9 Å². The molecular formula is C17H15FN4O2S. The lowest BCUT2D eigenvalue weighted by Gasteiger charge is -2.10. The van der Waals surface area contributed by atoms with E-state index in [2.05, 4.69) is 15.5 Å². The predicted octanol–water partition coefficient (Wildman–Crippen LogP) is 3.09. The largest absolute Gasteiger partial charge is 0.494 e. The van der Waals surface area contributed by atoms with Crippen molar-refractivity contribution in [1.82, 2.24) is 20.2 Å². The minimum Gasteiger partial charge on any atom is -0.494 e. The number of ether oxygens (including phenoxy) is 1. The smallest absolute Gasteiger partial charge is 0.214 e. The summed E-state index contributed by atoms with van der Waals surface area (Å²) in [6, 6.07) is 11.1. The quantitative estimate of drug-likeness (QED) is 0.498. The third-order valence-corrected chi connectivity index (χ3v) is 4.42. The van der Waals surface area contributed by atoms with Gasteiger partial charge in [0.25, 0.3) is 0 Å². The Hall–Kier alpha value is -2.74. The average molecular weight is 358 g/mol. The van der Waals surface area contributed by atoms with Crippen molar-refractivity contribution < 1.29 is 13.9 Å². The number of Topliss-reactive ketones (excluding diaryl/α,β-unsaturated/α-hetero) is 1. The second-order valence-electron chi connectivity index (χ2n) is 5.27. The van der Waals surface area contributed by atoms with E-state index in [9.17, 15) is 9.18 Å². The second-order valence-corrected chi connectivity index (χ2v) is 6.21. The van der Waals surface area contributed by atoms with Gasteiger partial charge in [-0.05, 0) is 59.3 Å². The number of nitrogens with zero attached hydrogens (tertiary/aromatic N) is 4. The maximum absolute atomic E-state index is 12.9. The normalized spacial score (nSPS) is 10.7. The van der Waals surface area contributed by atoms with Crippen molar-refractivity contribution in [1.29, 1.82) is 0 Å². The zero-order valence-corrected chi connectivity index (χ0v) is 14.5. The fourth-order valence-corrected chi connectivity index (χ4v) is 3.01. The Morgan fingerprint density at radius 3 is 2.72 bits per heavy atom. The molecule has 0 atom stereocenters. The number of benzene rings is 2. The van der Waals surface area contributed by atoms with E-state index in [1.807, 2.05) is 25.1 Å². The summed E-state index contributed by atoms with van der Waals surface area (Å²) in [4.78, 5) is 12.2. The number of tetrazole rings is 1. The van der Waals surface area contributed by atoms with Crippen LogP contribution in [0.1, 0.15) is 15.9 Å². The van der Waals surface area contributed by atoms with Crippen LogP contribution in [0.15, 0.2) is 47.6 Å². The van der Waals surface area contributed by atoms with Gasteiger partial charge in [0.15, 0.2) is 5.78 Å². The van der Waals surface area contributed by atoms with Gasteiger partial charge in [-0.3, -0.25) is 4.79 Å². The Bertz CT molecular complexity index is 896. The van der Waals surface area contributed by atoms with Crippen molar-refractivity contribution in [3.63, 3.8) is 0 Å². The maximum atomic E-state index is 12.9. The minimum absolute atomic E-state index is 0.129. The highest BCUT2D eigenvalue weighted by molar-refractivity contribution is 7.99. The zero-order valence-electron chi connectivity index (χ0n) is 13.6. The van der Waals surface area contributed by atoms with Crippen LogP contribution in [0.5, 0.6) is 5.75 Å². The summed E-state index contributed by atoms with van der Waals surface area (Å²) in [6.07, 6.45) is 0. The lowest BCUT2D eigenvalue weighted by molar-refractivity contribution is 0.102. The number of rotatable bonds is 6. The molecule has 0 fully saturated rings. The van der Waals surface area contributed by atoms with Crippen LogP contribution in [0, 0.1) is 12.7 Å². The summed E-state index contributed by atoms with van der Waals surface area (Å²) in [6.45, 7) is 1.96. The van der Waals surface area contributed by atoms with Gasteiger partial charge in [0.1, 0.15) is 17.3 Å². The van der Waals surface area contributed by atoms with E-state index in [1.54, 1.807) is 7.11 Å². The molecule has 0 saturated heterocycles. The molecule has 0 unspecified atom stereocenters. The molecule has 6 nitrogen and oxygen atoms in total. The van der Waals surface area contributed by atoms with Gasteiger partial charge in [0.2, 0.25) is 5.16 Å². The Balaban J connectivity index is 1.80. The number of hydrogen-bond acceptors (Lipinski definition) is 6. The Kier molecular flexibility index (Phi) is 5.08. The van der Waals surface area contributed by atoms with Gasteiger partial charge < -0.3 is 4.74 Å². The molecule has 2 aromatic carbocycles. The molecule has 0 aliphatic carbocycles. The SMILES string of the molecule is COc1ccc(C)cc1-n1nnnc1SCC(=O)c1ccc(F)cc1. The topological polar surface area (TPSA) is 69.9 Å². The lowest BCUT2D eigenvalue weighted by atomic mass is 10.1. The zero-order chi connectivity index (χ0) is 17.8. The molecule has 0 N–H and O–H groups in total. The van der Waals surface area contributed by atoms with Crippen molar-refractivity contribution in [3.05, 3.63) is 59.4 Å². The molecule has 0 amide bonds. The lowest BCUT2D eigenvalue weighted by Crippen LogP contribution is -2.06. The number of hydrogen-bond donors (Lipinski definition) is 0. The number of ketones is 1. The second kappa shape index (κ2) is 7.43. The van der Waals surface area contributed by atoms with Crippen molar-refractivity contribution in [3.8, 4) is 11.4 Å². The summed E-state index contributed by atoms with van der Waals surface area (Å²) >= 11 is 1.21. The Morgan fingerprint density at radius 2 is 2.00 bits per heavy atom. The molecule has 25 heavy (non-hydrogen) atoms. The first kappa shape index (κ1) is 17.1. The molecule has 0 aliphatic rings. The number of halogens is 1. The molecular weight excluding hydrogens is 343 g/mol. The van der Waals surface area contributed by atoms with Crippen LogP contribution in [0.2, 0.25) is 0 Å². The molecule has 0 saturated carbocycles. The van der Waals surface area contributed by atoms with Gasteiger partial charge in [-0.25, -0.2) is 4.39 Å². The number of aromatic nitrogens is 4. The Morgan fingerprint density at radius 1 is 1.24 bits per heavy atom. The highest BCUT2D eigenvalue weighted by atomic mass is 32.2. The van der Waals surface area contributed by atoms with Gasteiger partial charge in [-0.1, -0.05) is 17.8 Å². The molecule has 0 spiro atoms. The summed E-state index contributed by atoms with van der Waals surface area (Å²) in [5.41, 5.74) is 2.18. The van der Waals surface area contributed by atoms with Crippen LogP contribution in [0.3, 0.4) is 0 Å². The van der Waals surface area contributed by atoms with Gasteiger partial charge >= 0.3 is 0 Å². The summed E-state index contributed by atoms with van der Waals surface area (Å²) < 4.78 is 19.8. The standard InChI is InChI=1S/C17H15FN4O2S/c1-11-3-8-16(24-2)14(9-11)22-17(19-20-21-22)25-10-15(23)12-4-6-13(18)7-5-12/h3-9H,10H2,1-2H3. The van der Waals surface area contributed by atoms with E-state index >= 15 is 0 Å². The van der Waals surface area contributed by atoms with Crippen LogP contribution >= 0.6 is 11.8 Å². The van der Waals surface area contributed by atoms with Crippen molar-refractivity contribution in [2.24, 2.45) is 0 Å². The van der Waals surface area contributed by atoms with Gasteiger partial charge in [-0.2, -0.15) is 4.68 Å². The molecule has 0 aliphatic heterocycles. The number of aryl methyl sites for hydroxylation is 1. The number of carbonyl (C=O) groups excluding carboxylic acids is 1. The highest BCUT2D eigenvalue weighted by Gasteiger charge is 2.16. The summed E-state index contributed by atoms with van der Waals surface area (Å²) in [5, 5.41) is 12.1. The molecule has 1 aromatic heterocycles. The first-order chi connectivity index (χ1) is 12.1. The minimum atomic E-state index is -0.375.